The van der Waals surface area contributed by atoms with Crippen molar-refractivity contribution in [3.63, 3.8) is 0 Å². The van der Waals surface area contributed by atoms with Crippen molar-refractivity contribution in [2.45, 2.75) is 0 Å². The van der Waals surface area contributed by atoms with Crippen LogP contribution in [0.1, 0.15) is 10.4 Å². The number of carbonyl (C=O) groups is 1. The maximum Gasteiger partial charge on any atom is 0.257 e. The van der Waals surface area contributed by atoms with E-state index in [1.807, 2.05) is 6.07 Å². The first kappa shape index (κ1) is 15.6. The van der Waals surface area contributed by atoms with Crippen LogP contribution in [0.4, 0.5) is 14.5 Å². The normalized spacial score (nSPS) is 10.4. The first-order valence-electron chi connectivity index (χ1n) is 7.09. The molecule has 0 spiro atoms. The van der Waals surface area contributed by atoms with Crippen molar-refractivity contribution in [1.82, 2.24) is 4.98 Å². The van der Waals surface area contributed by atoms with E-state index in [0.717, 1.165) is 12.1 Å². The molecule has 0 aliphatic rings. The van der Waals surface area contributed by atoms with E-state index in [1.54, 1.807) is 24.3 Å². The van der Waals surface area contributed by atoms with Gasteiger partial charge in [-0.2, -0.15) is 0 Å². The van der Waals surface area contributed by atoms with Gasteiger partial charge in [0.1, 0.15) is 0 Å². The van der Waals surface area contributed by atoms with Crippen molar-refractivity contribution in [3.05, 3.63) is 88.3 Å². The Hall–Kier alpha value is -3.28. The molecule has 4 nitrogen and oxygen atoms in total. The Kier molecular flexibility index (Phi) is 4.20. The minimum Gasteiger partial charge on any atom is -0.328 e. The number of aromatic nitrogens is 1. The topological polar surface area (TPSA) is 62.0 Å². The summed E-state index contributed by atoms with van der Waals surface area (Å²) < 4.78 is 26.1. The molecular weight excluding hydrogens is 314 g/mol. The maximum absolute atomic E-state index is 13.2. The van der Waals surface area contributed by atoms with E-state index in [4.69, 9.17) is 0 Å². The number of aromatic amines is 1. The zero-order chi connectivity index (χ0) is 17.1. The van der Waals surface area contributed by atoms with E-state index in [2.05, 4.69) is 10.3 Å². The smallest absolute Gasteiger partial charge is 0.257 e. The van der Waals surface area contributed by atoms with Gasteiger partial charge in [0.2, 0.25) is 0 Å². The van der Waals surface area contributed by atoms with Gasteiger partial charge in [0.15, 0.2) is 11.6 Å². The fourth-order valence-electron chi connectivity index (χ4n) is 2.22. The van der Waals surface area contributed by atoms with Crippen LogP contribution in [0.25, 0.3) is 11.1 Å². The molecule has 120 valence electrons. The average molecular weight is 326 g/mol. The van der Waals surface area contributed by atoms with Gasteiger partial charge in [0, 0.05) is 23.5 Å². The number of pyridine rings is 1. The summed E-state index contributed by atoms with van der Waals surface area (Å²) in [5.74, 6) is -2.60. The van der Waals surface area contributed by atoms with Crippen LogP contribution in [0.5, 0.6) is 0 Å². The lowest BCUT2D eigenvalue weighted by atomic mass is 10.1. The summed E-state index contributed by atoms with van der Waals surface area (Å²) in [7, 11) is 0. The van der Waals surface area contributed by atoms with Crippen LogP contribution in [0.3, 0.4) is 0 Å². The van der Waals surface area contributed by atoms with Crippen molar-refractivity contribution in [2.75, 3.05) is 5.32 Å². The van der Waals surface area contributed by atoms with Crippen molar-refractivity contribution < 1.29 is 13.6 Å². The summed E-state index contributed by atoms with van der Waals surface area (Å²) in [6, 6.07) is 13.4. The Labute approximate surface area is 135 Å². The number of H-pyrrole nitrogens is 1. The summed E-state index contributed by atoms with van der Waals surface area (Å²) in [5.41, 5.74) is 0.991. The van der Waals surface area contributed by atoms with E-state index in [1.165, 1.54) is 18.3 Å². The lowest BCUT2D eigenvalue weighted by Crippen LogP contribution is -2.16. The highest BCUT2D eigenvalue weighted by molar-refractivity contribution is 6.04. The Morgan fingerprint density at radius 2 is 1.71 bits per heavy atom. The van der Waals surface area contributed by atoms with E-state index < -0.39 is 17.5 Å². The fraction of sp³-hybridized carbons (Fsp3) is 0. The number of hydrogen-bond donors (Lipinski definition) is 2. The van der Waals surface area contributed by atoms with Crippen LogP contribution in [0.15, 0.2) is 65.6 Å². The molecule has 2 N–H and O–H groups in total. The number of hydrogen-bond acceptors (Lipinski definition) is 2. The van der Waals surface area contributed by atoms with Gasteiger partial charge in [0.25, 0.3) is 11.5 Å². The van der Waals surface area contributed by atoms with Crippen LogP contribution >= 0.6 is 0 Å². The summed E-state index contributed by atoms with van der Waals surface area (Å²) in [4.78, 5) is 26.7. The van der Waals surface area contributed by atoms with Gasteiger partial charge < -0.3 is 10.3 Å². The SMILES string of the molecule is O=C(Nc1ccc(F)c(F)c1)c1c[nH]c(=O)c(-c2ccccc2)c1. The van der Waals surface area contributed by atoms with Gasteiger partial charge in [-0.25, -0.2) is 8.78 Å². The third-order valence-corrected chi connectivity index (χ3v) is 3.43. The van der Waals surface area contributed by atoms with E-state index in [-0.39, 0.29) is 16.8 Å². The number of halogens is 2. The van der Waals surface area contributed by atoms with Crippen LogP contribution < -0.4 is 10.9 Å². The van der Waals surface area contributed by atoms with E-state index >= 15 is 0 Å². The second-order valence-corrected chi connectivity index (χ2v) is 5.08. The molecule has 0 bridgehead atoms. The molecule has 0 saturated carbocycles. The molecule has 0 unspecified atom stereocenters. The minimum atomic E-state index is -1.06. The molecule has 0 radical (unpaired) electrons. The Morgan fingerprint density at radius 3 is 2.42 bits per heavy atom. The van der Waals surface area contributed by atoms with Crippen molar-refractivity contribution in [1.29, 1.82) is 0 Å². The van der Waals surface area contributed by atoms with E-state index in [9.17, 15) is 18.4 Å². The summed E-state index contributed by atoms with van der Waals surface area (Å²) in [6.45, 7) is 0. The van der Waals surface area contributed by atoms with Gasteiger partial charge in [-0.05, 0) is 23.8 Å². The molecule has 1 amide bonds. The summed E-state index contributed by atoms with van der Waals surface area (Å²) in [6.07, 6.45) is 1.27. The molecule has 0 saturated heterocycles. The second kappa shape index (κ2) is 6.45. The van der Waals surface area contributed by atoms with Crippen molar-refractivity contribution in [3.8, 4) is 11.1 Å². The lowest BCUT2D eigenvalue weighted by molar-refractivity contribution is 0.102. The number of rotatable bonds is 3. The number of anilines is 1. The molecule has 0 fully saturated rings. The number of amides is 1. The van der Waals surface area contributed by atoms with E-state index in [0.29, 0.717) is 11.1 Å². The predicted octanol–water partition coefficient (Wildman–Crippen LogP) is 3.57. The van der Waals surface area contributed by atoms with Crippen molar-refractivity contribution in [2.24, 2.45) is 0 Å². The molecule has 0 aliphatic carbocycles. The Bertz CT molecular complexity index is 953. The molecule has 1 aromatic heterocycles. The number of carbonyl (C=O) groups excluding carboxylic acids is 1. The molecule has 3 aromatic rings. The standard InChI is InChI=1S/C18H12F2N2O2/c19-15-7-6-13(9-16(15)20)22-17(23)12-8-14(18(24)21-10-12)11-4-2-1-3-5-11/h1-10H,(H,21,24)(H,22,23). The third kappa shape index (κ3) is 3.22. The van der Waals surface area contributed by atoms with Gasteiger partial charge in [-0.15, -0.1) is 0 Å². The molecule has 24 heavy (non-hydrogen) atoms. The first-order valence-corrected chi connectivity index (χ1v) is 7.09. The zero-order valence-corrected chi connectivity index (χ0v) is 12.3. The third-order valence-electron chi connectivity index (χ3n) is 3.43. The highest BCUT2D eigenvalue weighted by Gasteiger charge is 2.12. The molecule has 2 aromatic carbocycles. The Balaban J connectivity index is 1.90. The number of benzene rings is 2. The molecule has 6 heteroatoms. The fourth-order valence-corrected chi connectivity index (χ4v) is 2.22. The average Bonchev–Trinajstić information content (AvgIpc) is 2.59. The molecule has 3 rings (SSSR count). The second-order valence-electron chi connectivity index (χ2n) is 5.08. The summed E-state index contributed by atoms with van der Waals surface area (Å²) in [5, 5.41) is 2.46. The monoisotopic (exact) mass is 326 g/mol. The van der Waals surface area contributed by atoms with Crippen LogP contribution in [-0.2, 0) is 0 Å². The number of nitrogens with one attached hydrogen (secondary N) is 2. The molecule has 0 atom stereocenters. The van der Waals surface area contributed by atoms with Gasteiger partial charge in [0.05, 0.1) is 5.56 Å². The largest absolute Gasteiger partial charge is 0.328 e. The van der Waals surface area contributed by atoms with Crippen LogP contribution in [0.2, 0.25) is 0 Å². The van der Waals surface area contributed by atoms with Gasteiger partial charge in [-0.3, -0.25) is 9.59 Å². The molecule has 1 heterocycles. The van der Waals surface area contributed by atoms with Crippen molar-refractivity contribution >= 4 is 11.6 Å². The molecule has 0 aliphatic heterocycles. The zero-order valence-electron chi connectivity index (χ0n) is 12.3. The quantitative estimate of drug-likeness (QED) is 0.773. The van der Waals surface area contributed by atoms with Gasteiger partial charge in [-0.1, -0.05) is 30.3 Å². The minimum absolute atomic E-state index is 0.117. The van der Waals surface area contributed by atoms with Crippen LogP contribution in [-0.4, -0.2) is 10.9 Å². The predicted molar refractivity (Wildman–Crippen MR) is 86.8 cm³/mol. The first-order chi connectivity index (χ1) is 11.5. The maximum atomic E-state index is 13.2. The lowest BCUT2D eigenvalue weighted by Gasteiger charge is -2.07. The van der Waals surface area contributed by atoms with Gasteiger partial charge >= 0.3 is 0 Å². The Morgan fingerprint density at radius 1 is 0.958 bits per heavy atom. The molecular formula is C18H12F2N2O2. The van der Waals surface area contributed by atoms with Crippen LogP contribution in [0, 0.1) is 11.6 Å². The highest BCUT2D eigenvalue weighted by atomic mass is 19.2. The highest BCUT2D eigenvalue weighted by Crippen LogP contribution is 2.17. The summed E-state index contributed by atoms with van der Waals surface area (Å²) >= 11 is 0.